The molecular weight excluding hydrogens is 176 g/mol. The van der Waals surface area contributed by atoms with E-state index in [1.165, 1.54) is 0 Å². The monoisotopic (exact) mass is 196 g/mol. The minimum Gasteiger partial charge on any atom is -0.388 e. The van der Waals surface area contributed by atoms with Gasteiger partial charge in [-0.2, -0.15) is 5.26 Å². The first-order valence-electron chi connectivity index (χ1n) is 5.51. The average Bonchev–Trinajstić information content (AvgIpc) is 2.20. The van der Waals surface area contributed by atoms with E-state index in [4.69, 9.17) is 5.26 Å². The number of nitrogens with one attached hydrogen (secondary N) is 1. The van der Waals surface area contributed by atoms with E-state index in [0.717, 1.165) is 25.9 Å². The number of piperidine rings is 1. The molecule has 0 aromatic carbocycles. The molecule has 1 saturated heterocycles. The Morgan fingerprint density at radius 2 is 2.36 bits per heavy atom. The third kappa shape index (κ3) is 1.92. The molecule has 0 spiro atoms. The SMILES string of the molecule is CCC(C#N)C1(O)CCNCC1CC. The standard InChI is InChI=1S/C11H20N2O/c1-3-9(7-12)11(14)5-6-13-8-10(11)4-2/h9-10,13-14H,3-6,8H2,1-2H3. The Morgan fingerprint density at radius 3 is 2.86 bits per heavy atom. The van der Waals surface area contributed by atoms with Crippen LogP contribution in [0.5, 0.6) is 0 Å². The van der Waals surface area contributed by atoms with E-state index in [1.54, 1.807) is 0 Å². The Labute approximate surface area is 86.1 Å². The van der Waals surface area contributed by atoms with E-state index < -0.39 is 5.60 Å². The smallest absolute Gasteiger partial charge is 0.0857 e. The van der Waals surface area contributed by atoms with Crippen LogP contribution in [0.15, 0.2) is 0 Å². The van der Waals surface area contributed by atoms with Crippen molar-refractivity contribution < 1.29 is 5.11 Å². The molecule has 14 heavy (non-hydrogen) atoms. The molecule has 3 nitrogen and oxygen atoms in total. The van der Waals surface area contributed by atoms with E-state index in [0.29, 0.717) is 6.42 Å². The maximum Gasteiger partial charge on any atom is 0.0857 e. The second-order valence-corrected chi connectivity index (χ2v) is 4.14. The molecule has 0 saturated carbocycles. The van der Waals surface area contributed by atoms with Crippen molar-refractivity contribution in [2.75, 3.05) is 13.1 Å². The maximum absolute atomic E-state index is 10.5. The van der Waals surface area contributed by atoms with Gasteiger partial charge in [0, 0.05) is 12.5 Å². The van der Waals surface area contributed by atoms with Crippen LogP contribution < -0.4 is 5.32 Å². The Morgan fingerprint density at radius 1 is 1.64 bits per heavy atom. The van der Waals surface area contributed by atoms with Gasteiger partial charge in [0.15, 0.2) is 0 Å². The van der Waals surface area contributed by atoms with Crippen molar-refractivity contribution in [1.82, 2.24) is 5.32 Å². The third-order valence-corrected chi connectivity index (χ3v) is 3.46. The lowest BCUT2D eigenvalue weighted by Crippen LogP contribution is -2.54. The lowest BCUT2D eigenvalue weighted by atomic mass is 9.71. The zero-order valence-electron chi connectivity index (χ0n) is 9.08. The summed E-state index contributed by atoms with van der Waals surface area (Å²) in [5, 5.41) is 22.8. The van der Waals surface area contributed by atoms with E-state index in [2.05, 4.69) is 18.3 Å². The highest BCUT2D eigenvalue weighted by molar-refractivity contribution is 5.03. The molecule has 0 bridgehead atoms. The van der Waals surface area contributed by atoms with Gasteiger partial charge in [0.25, 0.3) is 0 Å². The summed E-state index contributed by atoms with van der Waals surface area (Å²) in [6, 6.07) is 2.25. The van der Waals surface area contributed by atoms with Gasteiger partial charge in [0.1, 0.15) is 0 Å². The number of rotatable bonds is 3. The van der Waals surface area contributed by atoms with Gasteiger partial charge < -0.3 is 10.4 Å². The first-order chi connectivity index (χ1) is 6.69. The Hall–Kier alpha value is -0.590. The zero-order valence-corrected chi connectivity index (χ0v) is 9.08. The summed E-state index contributed by atoms with van der Waals surface area (Å²) >= 11 is 0. The Balaban J connectivity index is 2.81. The number of nitrogens with zero attached hydrogens (tertiary/aromatic N) is 1. The van der Waals surface area contributed by atoms with Crippen molar-refractivity contribution in [3.8, 4) is 6.07 Å². The van der Waals surface area contributed by atoms with Gasteiger partial charge >= 0.3 is 0 Å². The molecule has 1 heterocycles. The Bertz CT molecular complexity index is 224. The predicted molar refractivity (Wildman–Crippen MR) is 55.6 cm³/mol. The van der Waals surface area contributed by atoms with Gasteiger partial charge in [0.2, 0.25) is 0 Å². The van der Waals surface area contributed by atoms with Gasteiger partial charge in [0.05, 0.1) is 17.6 Å². The average molecular weight is 196 g/mol. The van der Waals surface area contributed by atoms with Gasteiger partial charge in [-0.15, -0.1) is 0 Å². The molecular formula is C11H20N2O. The van der Waals surface area contributed by atoms with Gasteiger partial charge in [-0.3, -0.25) is 0 Å². The van der Waals surface area contributed by atoms with Crippen LogP contribution in [-0.2, 0) is 0 Å². The first-order valence-corrected chi connectivity index (χ1v) is 5.51. The molecule has 3 atom stereocenters. The summed E-state index contributed by atoms with van der Waals surface area (Å²) in [7, 11) is 0. The van der Waals surface area contributed by atoms with Crippen LogP contribution in [0.3, 0.4) is 0 Å². The van der Waals surface area contributed by atoms with Crippen LogP contribution in [0.1, 0.15) is 33.1 Å². The topological polar surface area (TPSA) is 56.0 Å². The minimum atomic E-state index is -0.760. The molecule has 0 radical (unpaired) electrons. The number of nitriles is 1. The van der Waals surface area contributed by atoms with Crippen molar-refractivity contribution in [2.24, 2.45) is 11.8 Å². The number of hydrogen-bond donors (Lipinski definition) is 2. The molecule has 1 aliphatic heterocycles. The third-order valence-electron chi connectivity index (χ3n) is 3.46. The highest BCUT2D eigenvalue weighted by Gasteiger charge is 2.43. The van der Waals surface area contributed by atoms with Crippen LogP contribution in [-0.4, -0.2) is 23.8 Å². The normalized spacial score (nSPS) is 34.9. The van der Waals surface area contributed by atoms with Crippen LogP contribution in [0, 0.1) is 23.2 Å². The van der Waals surface area contributed by atoms with E-state index in [1.807, 2.05) is 6.92 Å². The summed E-state index contributed by atoms with van der Waals surface area (Å²) in [6.45, 7) is 5.71. The van der Waals surface area contributed by atoms with Gasteiger partial charge in [-0.1, -0.05) is 13.8 Å². The molecule has 2 N–H and O–H groups in total. The first kappa shape index (κ1) is 11.5. The van der Waals surface area contributed by atoms with Crippen molar-refractivity contribution in [1.29, 1.82) is 5.26 Å². The maximum atomic E-state index is 10.5. The lowest BCUT2D eigenvalue weighted by molar-refractivity contribution is -0.0737. The van der Waals surface area contributed by atoms with E-state index in [9.17, 15) is 5.11 Å². The summed E-state index contributed by atoms with van der Waals surface area (Å²) in [5.74, 6) is 0.00963. The molecule has 0 aliphatic carbocycles. The highest BCUT2D eigenvalue weighted by atomic mass is 16.3. The fourth-order valence-corrected chi connectivity index (χ4v) is 2.46. The van der Waals surface area contributed by atoms with Crippen LogP contribution in [0.2, 0.25) is 0 Å². The fraction of sp³-hybridized carbons (Fsp3) is 0.909. The van der Waals surface area contributed by atoms with Crippen molar-refractivity contribution in [3.63, 3.8) is 0 Å². The second-order valence-electron chi connectivity index (χ2n) is 4.14. The molecule has 1 fully saturated rings. The van der Waals surface area contributed by atoms with Crippen LogP contribution in [0.4, 0.5) is 0 Å². The van der Waals surface area contributed by atoms with Crippen LogP contribution >= 0.6 is 0 Å². The molecule has 1 aliphatic rings. The van der Waals surface area contributed by atoms with Crippen molar-refractivity contribution in [2.45, 2.75) is 38.7 Å². The number of aliphatic hydroxyl groups is 1. The van der Waals surface area contributed by atoms with Gasteiger partial charge in [-0.05, 0) is 25.8 Å². The van der Waals surface area contributed by atoms with E-state index in [-0.39, 0.29) is 11.8 Å². The molecule has 3 heteroatoms. The summed E-state index contributed by atoms with van der Waals surface area (Å²) in [5.41, 5.74) is -0.760. The van der Waals surface area contributed by atoms with Crippen molar-refractivity contribution >= 4 is 0 Å². The Kier molecular flexibility index (Phi) is 3.91. The molecule has 1 rings (SSSR count). The second kappa shape index (κ2) is 4.77. The summed E-state index contributed by atoms with van der Waals surface area (Å²) in [4.78, 5) is 0. The van der Waals surface area contributed by atoms with Gasteiger partial charge in [-0.25, -0.2) is 0 Å². The number of hydrogen-bond acceptors (Lipinski definition) is 3. The molecule has 3 unspecified atom stereocenters. The van der Waals surface area contributed by atoms with Crippen LogP contribution in [0.25, 0.3) is 0 Å². The molecule has 80 valence electrons. The van der Waals surface area contributed by atoms with Crippen molar-refractivity contribution in [3.05, 3.63) is 0 Å². The lowest BCUT2D eigenvalue weighted by Gasteiger charge is -2.42. The zero-order chi connectivity index (χ0) is 10.6. The van der Waals surface area contributed by atoms with E-state index >= 15 is 0 Å². The fourth-order valence-electron chi connectivity index (χ4n) is 2.46. The predicted octanol–water partition coefficient (Wildman–Crippen LogP) is 1.29. The molecule has 0 aromatic rings. The summed E-state index contributed by atoms with van der Waals surface area (Å²) in [6.07, 6.45) is 2.38. The molecule has 0 amide bonds. The largest absolute Gasteiger partial charge is 0.388 e. The minimum absolute atomic E-state index is 0.213. The molecule has 0 aromatic heterocycles. The quantitative estimate of drug-likeness (QED) is 0.715. The highest BCUT2D eigenvalue weighted by Crippen LogP contribution is 2.35. The summed E-state index contributed by atoms with van der Waals surface area (Å²) < 4.78 is 0.